The van der Waals surface area contributed by atoms with Gasteiger partial charge in [0.15, 0.2) is 5.13 Å². The Bertz CT molecular complexity index is 1360. The average molecular weight is 557 g/mol. The molecule has 192 valence electrons. The lowest BCUT2D eigenvalue weighted by molar-refractivity contribution is 0.238. The summed E-state index contributed by atoms with van der Waals surface area (Å²) in [6.45, 7) is 6.62. The van der Waals surface area contributed by atoms with Gasteiger partial charge in [0.05, 0.1) is 21.3 Å². The third-order valence-corrected chi connectivity index (χ3v) is 7.43. The number of nitrogens with one attached hydrogen (secondary N) is 2. The number of halogens is 2. The zero-order valence-corrected chi connectivity index (χ0v) is 22.7. The van der Waals surface area contributed by atoms with E-state index in [0.29, 0.717) is 28.5 Å². The number of ether oxygens (including phenoxy) is 1. The Labute approximate surface area is 230 Å². The van der Waals surface area contributed by atoms with Gasteiger partial charge in [-0.2, -0.15) is 0 Å². The van der Waals surface area contributed by atoms with Crippen molar-refractivity contribution in [1.29, 1.82) is 0 Å². The first kappa shape index (κ1) is 25.7. The summed E-state index contributed by atoms with van der Waals surface area (Å²) in [4.78, 5) is 21.3. The highest BCUT2D eigenvalue weighted by Crippen LogP contribution is 2.39. The molecule has 1 aromatic carbocycles. The van der Waals surface area contributed by atoms with Crippen molar-refractivity contribution in [2.24, 2.45) is 0 Å². The summed E-state index contributed by atoms with van der Waals surface area (Å²) in [5.41, 5.74) is 3.17. The summed E-state index contributed by atoms with van der Waals surface area (Å²) in [6, 6.07) is 11.2. The molecule has 0 bridgehead atoms. The van der Waals surface area contributed by atoms with Crippen LogP contribution in [-0.4, -0.2) is 57.6 Å². The van der Waals surface area contributed by atoms with Gasteiger partial charge in [-0.15, -0.1) is 0 Å². The maximum absolute atomic E-state index is 6.50. The SMILES string of the molecule is CCNc1nc(-c2ccnc(Cl)c2)c(-c2ccnc(Nc3ccc(OCCN4CCCC4)c(Cl)c3)n2)s1. The van der Waals surface area contributed by atoms with Gasteiger partial charge in [-0.05, 0) is 69.3 Å². The van der Waals surface area contributed by atoms with Gasteiger partial charge < -0.3 is 15.4 Å². The average Bonchev–Trinajstić information content (AvgIpc) is 3.56. The first-order valence-electron chi connectivity index (χ1n) is 12.2. The number of anilines is 3. The molecule has 1 aliphatic heterocycles. The molecule has 1 aliphatic rings. The molecule has 2 N–H and O–H groups in total. The van der Waals surface area contributed by atoms with E-state index in [4.69, 9.17) is 37.9 Å². The lowest BCUT2D eigenvalue weighted by Gasteiger charge is -2.16. The molecular weight excluding hydrogens is 529 g/mol. The Kier molecular flexibility index (Phi) is 8.35. The quantitative estimate of drug-likeness (QED) is 0.211. The molecule has 1 fully saturated rings. The molecule has 0 unspecified atom stereocenters. The summed E-state index contributed by atoms with van der Waals surface area (Å²) < 4.78 is 5.91. The van der Waals surface area contributed by atoms with Crippen molar-refractivity contribution in [3.63, 3.8) is 0 Å². The molecule has 11 heteroatoms. The van der Waals surface area contributed by atoms with Crippen molar-refractivity contribution < 1.29 is 4.74 Å². The lowest BCUT2D eigenvalue weighted by Crippen LogP contribution is -2.25. The van der Waals surface area contributed by atoms with Gasteiger partial charge in [0.1, 0.15) is 17.5 Å². The molecule has 0 aliphatic carbocycles. The molecule has 0 atom stereocenters. The van der Waals surface area contributed by atoms with Crippen LogP contribution >= 0.6 is 34.5 Å². The van der Waals surface area contributed by atoms with E-state index in [1.165, 1.54) is 24.2 Å². The van der Waals surface area contributed by atoms with E-state index < -0.39 is 0 Å². The zero-order chi connectivity index (χ0) is 25.6. The maximum atomic E-state index is 6.50. The molecular formula is C26H27Cl2N7OS. The van der Waals surface area contributed by atoms with Crippen LogP contribution in [0.1, 0.15) is 19.8 Å². The third-order valence-electron chi connectivity index (χ3n) is 5.90. The standard InChI is InChI=1S/C26H27Cl2N7OS/c1-2-29-26-34-23(17-7-9-30-22(28)15-17)24(37-26)20-8-10-31-25(33-20)32-18-5-6-21(19(27)16-18)36-14-13-35-11-3-4-12-35/h5-10,15-16H,2-4,11-14H2,1H3,(H,29,34)(H,31,32,33). The van der Waals surface area contributed by atoms with Crippen LogP contribution in [-0.2, 0) is 0 Å². The summed E-state index contributed by atoms with van der Waals surface area (Å²) in [7, 11) is 0. The predicted octanol–water partition coefficient (Wildman–Crippen LogP) is 6.62. The molecule has 0 saturated carbocycles. The Morgan fingerprint density at radius 1 is 1.03 bits per heavy atom. The van der Waals surface area contributed by atoms with Crippen LogP contribution in [0.3, 0.4) is 0 Å². The summed E-state index contributed by atoms with van der Waals surface area (Å²) in [6.07, 6.45) is 5.93. The first-order chi connectivity index (χ1) is 18.1. The van der Waals surface area contributed by atoms with Gasteiger partial charge in [-0.3, -0.25) is 4.90 Å². The number of likely N-dealkylation sites (tertiary alicyclic amines) is 1. The predicted molar refractivity (Wildman–Crippen MR) is 151 cm³/mol. The highest BCUT2D eigenvalue weighted by Gasteiger charge is 2.17. The molecule has 8 nitrogen and oxygen atoms in total. The molecule has 4 heterocycles. The first-order valence-corrected chi connectivity index (χ1v) is 13.8. The number of aromatic nitrogens is 4. The van der Waals surface area contributed by atoms with Crippen molar-refractivity contribution in [3.05, 3.63) is 59.0 Å². The number of hydrogen-bond donors (Lipinski definition) is 2. The Morgan fingerprint density at radius 2 is 1.86 bits per heavy atom. The summed E-state index contributed by atoms with van der Waals surface area (Å²) in [5.74, 6) is 1.12. The van der Waals surface area contributed by atoms with Gasteiger partial charge >= 0.3 is 0 Å². The van der Waals surface area contributed by atoms with Crippen LogP contribution in [0.5, 0.6) is 5.75 Å². The fourth-order valence-electron chi connectivity index (χ4n) is 4.13. The minimum absolute atomic E-state index is 0.409. The normalized spacial score (nSPS) is 13.6. The molecule has 37 heavy (non-hydrogen) atoms. The summed E-state index contributed by atoms with van der Waals surface area (Å²) >= 11 is 14.2. The molecule has 0 spiro atoms. The van der Waals surface area contributed by atoms with Gasteiger partial charge in [0, 0.05) is 36.7 Å². The summed E-state index contributed by atoms with van der Waals surface area (Å²) in [5, 5.41) is 8.29. The Hall–Kier alpha value is -2.98. The van der Waals surface area contributed by atoms with Crippen molar-refractivity contribution >= 4 is 51.3 Å². The van der Waals surface area contributed by atoms with Gasteiger partial charge in [0.25, 0.3) is 0 Å². The van der Waals surface area contributed by atoms with E-state index in [2.05, 4.69) is 25.5 Å². The molecule has 0 radical (unpaired) electrons. The smallest absolute Gasteiger partial charge is 0.227 e. The highest BCUT2D eigenvalue weighted by atomic mass is 35.5. The molecule has 4 aromatic rings. The number of thiazole rings is 1. The number of rotatable bonds is 10. The molecule has 1 saturated heterocycles. The second-order valence-electron chi connectivity index (χ2n) is 8.53. The number of benzene rings is 1. The minimum atomic E-state index is 0.409. The Morgan fingerprint density at radius 3 is 2.65 bits per heavy atom. The van der Waals surface area contributed by atoms with Crippen LogP contribution in [0.4, 0.5) is 16.8 Å². The van der Waals surface area contributed by atoms with Crippen LogP contribution in [0.15, 0.2) is 48.8 Å². The number of hydrogen-bond acceptors (Lipinski definition) is 9. The highest BCUT2D eigenvalue weighted by molar-refractivity contribution is 7.19. The maximum Gasteiger partial charge on any atom is 0.227 e. The number of pyridine rings is 1. The van der Waals surface area contributed by atoms with Crippen molar-refractivity contribution in [1.82, 2.24) is 24.8 Å². The van der Waals surface area contributed by atoms with Crippen LogP contribution in [0.25, 0.3) is 21.8 Å². The fourth-order valence-corrected chi connectivity index (χ4v) is 5.56. The van der Waals surface area contributed by atoms with E-state index in [1.54, 1.807) is 18.5 Å². The van der Waals surface area contributed by atoms with E-state index >= 15 is 0 Å². The van der Waals surface area contributed by atoms with Gasteiger partial charge in [-0.25, -0.2) is 19.9 Å². The minimum Gasteiger partial charge on any atom is -0.491 e. The molecule has 3 aromatic heterocycles. The van der Waals surface area contributed by atoms with E-state index in [0.717, 1.165) is 58.8 Å². The Balaban J connectivity index is 1.33. The van der Waals surface area contributed by atoms with Crippen LogP contribution in [0, 0.1) is 0 Å². The van der Waals surface area contributed by atoms with Gasteiger partial charge in [-0.1, -0.05) is 34.5 Å². The zero-order valence-electron chi connectivity index (χ0n) is 20.4. The molecule has 0 amide bonds. The van der Waals surface area contributed by atoms with Crippen LogP contribution in [0.2, 0.25) is 10.2 Å². The second-order valence-corrected chi connectivity index (χ2v) is 10.3. The monoisotopic (exact) mass is 555 g/mol. The third kappa shape index (κ3) is 6.48. The topological polar surface area (TPSA) is 88.1 Å². The second kappa shape index (κ2) is 12.0. The van der Waals surface area contributed by atoms with Crippen molar-refractivity contribution in [2.45, 2.75) is 19.8 Å². The van der Waals surface area contributed by atoms with E-state index in [-0.39, 0.29) is 0 Å². The number of nitrogens with zero attached hydrogens (tertiary/aromatic N) is 5. The van der Waals surface area contributed by atoms with Gasteiger partial charge in [0.2, 0.25) is 5.95 Å². The largest absolute Gasteiger partial charge is 0.491 e. The van der Waals surface area contributed by atoms with Crippen molar-refractivity contribution in [3.8, 4) is 27.6 Å². The van der Waals surface area contributed by atoms with E-state index in [1.807, 2.05) is 37.3 Å². The lowest BCUT2D eigenvalue weighted by atomic mass is 10.1. The molecule has 5 rings (SSSR count). The van der Waals surface area contributed by atoms with Crippen LogP contribution < -0.4 is 15.4 Å². The van der Waals surface area contributed by atoms with Crippen molar-refractivity contribution in [2.75, 3.05) is 43.4 Å². The van der Waals surface area contributed by atoms with E-state index in [9.17, 15) is 0 Å². The fraction of sp³-hybridized carbons (Fsp3) is 0.308.